The molecule has 2 fully saturated rings. The minimum atomic E-state index is -1.66. The van der Waals surface area contributed by atoms with E-state index in [9.17, 15) is 19.5 Å². The van der Waals surface area contributed by atoms with E-state index in [1.54, 1.807) is 30.3 Å². The van der Waals surface area contributed by atoms with Crippen LogP contribution in [-0.4, -0.2) is 22.9 Å². The number of carbonyl (C=O) groups is 3. The number of aryl methyl sites for hydroxylation is 2. The third-order valence-electron chi connectivity index (χ3n) is 5.74. The maximum absolute atomic E-state index is 12.7. The van der Waals surface area contributed by atoms with E-state index in [0.717, 1.165) is 16.7 Å². The molecule has 2 aromatic carbocycles. The normalized spacial score (nSPS) is 29.5. The molecule has 2 aliphatic rings. The lowest BCUT2D eigenvalue weighted by atomic mass is 9.75. The monoisotopic (exact) mass is 364 g/mol. The quantitative estimate of drug-likeness (QED) is 0.722. The summed E-state index contributed by atoms with van der Waals surface area (Å²) in [5.41, 5.74) is 1.59. The van der Waals surface area contributed by atoms with Crippen molar-refractivity contribution in [2.24, 2.45) is 11.8 Å². The first-order chi connectivity index (χ1) is 12.9. The van der Waals surface area contributed by atoms with Crippen LogP contribution < -0.4 is 10.6 Å². The summed E-state index contributed by atoms with van der Waals surface area (Å²) in [6.07, 6.45) is 0. The lowest BCUT2D eigenvalue weighted by Gasteiger charge is -2.30. The molecule has 4 unspecified atom stereocenters. The van der Waals surface area contributed by atoms with Gasteiger partial charge in [0.15, 0.2) is 5.54 Å². The standard InChI is InChI=1S/C21H20N2O4/c1-11-8-9-12(2)14(10-11)17-15-16(19(25)22-18(15)24)21(23-17,20(26)27)13-6-4-3-5-7-13/h3-10,15-17,23H,1-2H3,(H,26,27)(H,22,24,25). The second-order valence-electron chi connectivity index (χ2n) is 7.32. The number of carbonyl (C=O) groups excluding carboxylic acids is 2. The van der Waals surface area contributed by atoms with Crippen molar-refractivity contribution >= 4 is 17.8 Å². The molecule has 27 heavy (non-hydrogen) atoms. The number of nitrogens with one attached hydrogen (secondary N) is 2. The fourth-order valence-electron chi connectivity index (χ4n) is 4.48. The van der Waals surface area contributed by atoms with Crippen molar-refractivity contribution in [2.75, 3.05) is 0 Å². The Hall–Kier alpha value is -2.99. The summed E-state index contributed by atoms with van der Waals surface area (Å²) in [5.74, 6) is -3.94. The number of aliphatic carboxylic acids is 1. The molecule has 0 saturated carbocycles. The number of hydrogen-bond acceptors (Lipinski definition) is 4. The van der Waals surface area contributed by atoms with Crippen LogP contribution in [0, 0.1) is 25.7 Å². The number of rotatable bonds is 3. The lowest BCUT2D eigenvalue weighted by Crippen LogP contribution is -2.52. The van der Waals surface area contributed by atoms with E-state index in [2.05, 4.69) is 10.6 Å². The largest absolute Gasteiger partial charge is 0.480 e. The molecule has 0 spiro atoms. The summed E-state index contributed by atoms with van der Waals surface area (Å²) in [5, 5.41) is 15.7. The SMILES string of the molecule is Cc1ccc(C)c(C2NC(C(=O)O)(c3ccccc3)C3C(=O)NC(=O)C23)c1. The Bertz CT molecular complexity index is 956. The van der Waals surface area contributed by atoms with E-state index in [-0.39, 0.29) is 0 Å². The molecule has 2 aromatic rings. The number of fused-ring (bicyclic) bond motifs is 1. The molecule has 0 aromatic heterocycles. The molecule has 0 aliphatic carbocycles. The summed E-state index contributed by atoms with van der Waals surface area (Å²) in [4.78, 5) is 37.8. The highest BCUT2D eigenvalue weighted by Gasteiger charge is 2.67. The third-order valence-corrected chi connectivity index (χ3v) is 5.74. The van der Waals surface area contributed by atoms with E-state index in [1.807, 2.05) is 32.0 Å². The fraction of sp³-hybridized carbons (Fsp3) is 0.286. The molecule has 0 bridgehead atoms. The van der Waals surface area contributed by atoms with Gasteiger partial charge in [0.2, 0.25) is 11.8 Å². The van der Waals surface area contributed by atoms with Gasteiger partial charge in [0.1, 0.15) is 0 Å². The average Bonchev–Trinajstić information content (AvgIpc) is 3.15. The Morgan fingerprint density at radius 1 is 1.04 bits per heavy atom. The number of hydrogen-bond donors (Lipinski definition) is 3. The average molecular weight is 364 g/mol. The minimum absolute atomic E-state index is 0.428. The highest BCUT2D eigenvalue weighted by atomic mass is 16.4. The Morgan fingerprint density at radius 3 is 2.41 bits per heavy atom. The van der Waals surface area contributed by atoms with Crippen LogP contribution in [-0.2, 0) is 19.9 Å². The second-order valence-corrected chi connectivity index (χ2v) is 7.32. The first-order valence-corrected chi connectivity index (χ1v) is 8.84. The minimum Gasteiger partial charge on any atom is -0.480 e. The van der Waals surface area contributed by atoms with Crippen molar-refractivity contribution < 1.29 is 19.5 Å². The van der Waals surface area contributed by atoms with Gasteiger partial charge < -0.3 is 5.11 Å². The molecular weight excluding hydrogens is 344 g/mol. The van der Waals surface area contributed by atoms with Crippen LogP contribution in [0.1, 0.15) is 28.3 Å². The van der Waals surface area contributed by atoms with Gasteiger partial charge in [0.25, 0.3) is 0 Å². The van der Waals surface area contributed by atoms with Crippen LogP contribution >= 0.6 is 0 Å². The van der Waals surface area contributed by atoms with E-state index in [0.29, 0.717) is 5.56 Å². The maximum Gasteiger partial charge on any atom is 0.329 e. The Morgan fingerprint density at radius 2 is 1.74 bits per heavy atom. The van der Waals surface area contributed by atoms with Gasteiger partial charge in [-0.25, -0.2) is 4.79 Å². The lowest BCUT2D eigenvalue weighted by molar-refractivity contribution is -0.149. The first kappa shape index (κ1) is 17.4. The summed E-state index contributed by atoms with van der Waals surface area (Å²) in [6.45, 7) is 3.86. The fourth-order valence-corrected chi connectivity index (χ4v) is 4.48. The van der Waals surface area contributed by atoms with Crippen molar-refractivity contribution in [2.45, 2.75) is 25.4 Å². The summed E-state index contributed by atoms with van der Waals surface area (Å²) in [6, 6.07) is 13.9. The van der Waals surface area contributed by atoms with Crippen LogP contribution in [0.5, 0.6) is 0 Å². The zero-order chi connectivity index (χ0) is 19.3. The number of imide groups is 1. The molecule has 2 aliphatic heterocycles. The Labute approximate surface area is 156 Å². The van der Waals surface area contributed by atoms with E-state index < -0.39 is 41.2 Å². The zero-order valence-electron chi connectivity index (χ0n) is 15.0. The molecule has 2 amide bonds. The first-order valence-electron chi connectivity index (χ1n) is 8.84. The smallest absolute Gasteiger partial charge is 0.329 e. The van der Waals surface area contributed by atoms with Crippen molar-refractivity contribution in [3.63, 3.8) is 0 Å². The predicted molar refractivity (Wildman–Crippen MR) is 97.7 cm³/mol. The number of amides is 2. The molecule has 4 atom stereocenters. The Balaban J connectivity index is 1.94. The molecule has 2 saturated heterocycles. The summed E-state index contributed by atoms with van der Waals surface area (Å²) >= 11 is 0. The van der Waals surface area contributed by atoms with Crippen LogP contribution in [0.4, 0.5) is 0 Å². The Kier molecular flexibility index (Phi) is 3.89. The molecule has 6 nitrogen and oxygen atoms in total. The van der Waals surface area contributed by atoms with Gasteiger partial charge in [0, 0.05) is 6.04 Å². The zero-order valence-corrected chi connectivity index (χ0v) is 15.0. The van der Waals surface area contributed by atoms with Crippen molar-refractivity contribution in [3.05, 3.63) is 70.8 Å². The van der Waals surface area contributed by atoms with E-state index in [4.69, 9.17) is 0 Å². The second kappa shape index (κ2) is 6.03. The summed E-state index contributed by atoms with van der Waals surface area (Å²) < 4.78 is 0. The van der Waals surface area contributed by atoms with Crippen molar-refractivity contribution in [3.8, 4) is 0 Å². The van der Waals surface area contributed by atoms with Crippen molar-refractivity contribution in [1.29, 1.82) is 0 Å². The van der Waals surface area contributed by atoms with Gasteiger partial charge in [0.05, 0.1) is 11.8 Å². The highest BCUT2D eigenvalue weighted by molar-refractivity contribution is 6.09. The van der Waals surface area contributed by atoms with E-state index >= 15 is 0 Å². The van der Waals surface area contributed by atoms with Crippen LogP contribution in [0.15, 0.2) is 48.5 Å². The number of carboxylic acids is 1. The molecule has 3 N–H and O–H groups in total. The highest BCUT2D eigenvalue weighted by Crippen LogP contribution is 2.51. The van der Waals surface area contributed by atoms with Gasteiger partial charge in [-0.2, -0.15) is 0 Å². The number of benzene rings is 2. The summed E-state index contributed by atoms with van der Waals surface area (Å²) in [7, 11) is 0. The van der Waals surface area contributed by atoms with Crippen LogP contribution in [0.25, 0.3) is 0 Å². The predicted octanol–water partition coefficient (Wildman–Crippen LogP) is 1.82. The van der Waals surface area contributed by atoms with Gasteiger partial charge in [-0.1, -0.05) is 54.1 Å². The van der Waals surface area contributed by atoms with Gasteiger partial charge in [-0.15, -0.1) is 0 Å². The third kappa shape index (κ3) is 2.40. The van der Waals surface area contributed by atoms with Gasteiger partial charge in [-0.3, -0.25) is 20.2 Å². The van der Waals surface area contributed by atoms with Gasteiger partial charge >= 0.3 is 5.97 Å². The molecular formula is C21H20N2O4. The molecule has 6 heteroatoms. The van der Waals surface area contributed by atoms with E-state index in [1.165, 1.54) is 0 Å². The van der Waals surface area contributed by atoms with Gasteiger partial charge in [-0.05, 0) is 30.5 Å². The topological polar surface area (TPSA) is 95.5 Å². The molecule has 0 radical (unpaired) electrons. The number of carboxylic acid groups (broad SMARTS) is 1. The molecule has 138 valence electrons. The molecule has 2 heterocycles. The molecule has 4 rings (SSSR count). The van der Waals surface area contributed by atoms with Crippen molar-refractivity contribution in [1.82, 2.24) is 10.6 Å². The van der Waals surface area contributed by atoms with Crippen LogP contribution in [0.2, 0.25) is 0 Å². The maximum atomic E-state index is 12.7. The van der Waals surface area contributed by atoms with Crippen LogP contribution in [0.3, 0.4) is 0 Å².